The van der Waals surface area contributed by atoms with Gasteiger partial charge in [0.15, 0.2) is 0 Å². The van der Waals surface area contributed by atoms with Gasteiger partial charge in [0.05, 0.1) is 11.4 Å². The van der Waals surface area contributed by atoms with Gasteiger partial charge in [-0.25, -0.2) is 9.97 Å². The minimum Gasteiger partial charge on any atom is -0.382 e. The maximum atomic E-state index is 5.97. The number of nitrogens with two attached hydrogens (primary N) is 1. The van der Waals surface area contributed by atoms with Crippen LogP contribution in [0.1, 0.15) is 30.3 Å². The largest absolute Gasteiger partial charge is 0.382 e. The molecule has 0 fully saturated rings. The lowest BCUT2D eigenvalue weighted by molar-refractivity contribution is 0.922. The summed E-state index contributed by atoms with van der Waals surface area (Å²) >= 11 is 0. The fourth-order valence-corrected chi connectivity index (χ4v) is 2.00. The Morgan fingerprint density at radius 1 is 1.11 bits per heavy atom. The highest BCUT2D eigenvalue weighted by atomic mass is 14.9. The molecule has 0 amide bonds. The Morgan fingerprint density at radius 3 is 2.56 bits per heavy atom. The van der Waals surface area contributed by atoms with Crippen molar-refractivity contribution in [3.8, 4) is 11.3 Å². The van der Waals surface area contributed by atoms with Crippen molar-refractivity contribution < 1.29 is 0 Å². The number of benzene rings is 1. The van der Waals surface area contributed by atoms with Gasteiger partial charge in [-0.2, -0.15) is 0 Å². The van der Waals surface area contributed by atoms with Gasteiger partial charge >= 0.3 is 0 Å². The van der Waals surface area contributed by atoms with Crippen LogP contribution in [0.2, 0.25) is 0 Å². The van der Waals surface area contributed by atoms with Crippen LogP contribution in [-0.4, -0.2) is 9.97 Å². The van der Waals surface area contributed by atoms with Gasteiger partial charge in [-0.1, -0.05) is 31.5 Å². The molecule has 1 aromatic heterocycles. The standard InChI is InChI=1S/C15H19N3/c1-4-6-12-7-5-8-13(9-12)14-15(16)18-11(3)10(2)17-14/h5,7-9H,4,6H2,1-3H3,(H2,16,18). The second-order valence-electron chi connectivity index (χ2n) is 4.58. The average molecular weight is 241 g/mol. The first-order valence-electron chi connectivity index (χ1n) is 6.32. The van der Waals surface area contributed by atoms with Gasteiger partial charge in [0.1, 0.15) is 11.5 Å². The number of rotatable bonds is 3. The van der Waals surface area contributed by atoms with E-state index in [4.69, 9.17) is 5.73 Å². The van der Waals surface area contributed by atoms with Crippen LogP contribution in [0.5, 0.6) is 0 Å². The van der Waals surface area contributed by atoms with E-state index in [2.05, 4.69) is 35.1 Å². The summed E-state index contributed by atoms with van der Waals surface area (Å²) in [6, 6.07) is 8.38. The third-order valence-electron chi connectivity index (χ3n) is 3.07. The predicted molar refractivity (Wildman–Crippen MR) is 75.3 cm³/mol. The predicted octanol–water partition coefficient (Wildman–Crippen LogP) is 3.30. The zero-order valence-corrected chi connectivity index (χ0v) is 11.2. The van der Waals surface area contributed by atoms with Gasteiger partial charge in [0.2, 0.25) is 0 Å². The maximum Gasteiger partial charge on any atom is 0.150 e. The quantitative estimate of drug-likeness (QED) is 0.897. The summed E-state index contributed by atoms with van der Waals surface area (Å²) in [6.07, 6.45) is 2.21. The number of anilines is 1. The highest BCUT2D eigenvalue weighted by molar-refractivity contribution is 5.70. The summed E-state index contributed by atoms with van der Waals surface area (Å²) in [5, 5.41) is 0. The molecule has 2 rings (SSSR count). The Morgan fingerprint density at radius 2 is 1.83 bits per heavy atom. The Labute approximate surface area is 108 Å². The summed E-state index contributed by atoms with van der Waals surface area (Å²) < 4.78 is 0. The molecular weight excluding hydrogens is 222 g/mol. The Bertz CT molecular complexity index is 562. The van der Waals surface area contributed by atoms with Gasteiger partial charge < -0.3 is 5.73 Å². The summed E-state index contributed by atoms with van der Waals surface area (Å²) in [4.78, 5) is 8.90. The number of aryl methyl sites for hydroxylation is 3. The van der Waals surface area contributed by atoms with Crippen molar-refractivity contribution >= 4 is 5.82 Å². The van der Waals surface area contributed by atoms with E-state index in [1.807, 2.05) is 19.9 Å². The molecule has 0 aliphatic heterocycles. The van der Waals surface area contributed by atoms with Crippen LogP contribution in [-0.2, 0) is 6.42 Å². The smallest absolute Gasteiger partial charge is 0.150 e. The first-order chi connectivity index (χ1) is 8.61. The number of aromatic nitrogens is 2. The SMILES string of the molecule is CCCc1cccc(-c2nc(C)c(C)nc2N)c1. The Balaban J connectivity index is 2.48. The number of nitrogens with zero attached hydrogens (tertiary/aromatic N) is 2. The molecule has 2 aromatic rings. The molecule has 0 radical (unpaired) electrons. The van der Waals surface area contributed by atoms with Crippen molar-refractivity contribution in [2.75, 3.05) is 5.73 Å². The Hall–Kier alpha value is -1.90. The molecular formula is C15H19N3. The number of hydrogen-bond acceptors (Lipinski definition) is 3. The lowest BCUT2D eigenvalue weighted by Gasteiger charge is -2.09. The summed E-state index contributed by atoms with van der Waals surface area (Å²) in [7, 11) is 0. The lowest BCUT2D eigenvalue weighted by atomic mass is 10.0. The van der Waals surface area contributed by atoms with E-state index in [1.54, 1.807) is 0 Å². The second kappa shape index (κ2) is 5.17. The molecule has 0 spiro atoms. The minimum absolute atomic E-state index is 0.506. The van der Waals surface area contributed by atoms with Crippen molar-refractivity contribution in [3.05, 3.63) is 41.2 Å². The normalized spacial score (nSPS) is 10.6. The molecule has 3 nitrogen and oxygen atoms in total. The van der Waals surface area contributed by atoms with Crippen LogP contribution in [0, 0.1) is 13.8 Å². The van der Waals surface area contributed by atoms with E-state index in [1.165, 1.54) is 5.56 Å². The van der Waals surface area contributed by atoms with E-state index in [0.717, 1.165) is 35.5 Å². The van der Waals surface area contributed by atoms with E-state index in [0.29, 0.717) is 5.82 Å². The van der Waals surface area contributed by atoms with Crippen molar-refractivity contribution in [3.63, 3.8) is 0 Å². The highest BCUT2D eigenvalue weighted by Crippen LogP contribution is 2.24. The molecule has 0 aliphatic carbocycles. The fraction of sp³-hybridized carbons (Fsp3) is 0.333. The average Bonchev–Trinajstić information content (AvgIpc) is 2.34. The van der Waals surface area contributed by atoms with Gasteiger partial charge in [0.25, 0.3) is 0 Å². The Kier molecular flexibility index (Phi) is 3.60. The monoisotopic (exact) mass is 241 g/mol. The summed E-state index contributed by atoms with van der Waals surface area (Å²) in [5.74, 6) is 0.506. The van der Waals surface area contributed by atoms with Gasteiger partial charge in [-0.15, -0.1) is 0 Å². The molecule has 0 saturated carbocycles. The highest BCUT2D eigenvalue weighted by Gasteiger charge is 2.08. The fourth-order valence-electron chi connectivity index (χ4n) is 2.00. The molecule has 0 saturated heterocycles. The topological polar surface area (TPSA) is 51.8 Å². The van der Waals surface area contributed by atoms with E-state index in [-0.39, 0.29) is 0 Å². The first kappa shape index (κ1) is 12.6. The minimum atomic E-state index is 0.506. The molecule has 2 N–H and O–H groups in total. The number of nitrogen functional groups attached to an aromatic ring is 1. The van der Waals surface area contributed by atoms with Crippen LogP contribution >= 0.6 is 0 Å². The van der Waals surface area contributed by atoms with Crippen molar-refractivity contribution in [1.82, 2.24) is 9.97 Å². The molecule has 3 heteroatoms. The zero-order chi connectivity index (χ0) is 13.1. The van der Waals surface area contributed by atoms with E-state index < -0.39 is 0 Å². The van der Waals surface area contributed by atoms with Crippen LogP contribution in [0.25, 0.3) is 11.3 Å². The van der Waals surface area contributed by atoms with E-state index in [9.17, 15) is 0 Å². The first-order valence-corrected chi connectivity index (χ1v) is 6.32. The second-order valence-corrected chi connectivity index (χ2v) is 4.58. The molecule has 1 aromatic carbocycles. The van der Waals surface area contributed by atoms with Crippen LogP contribution < -0.4 is 5.73 Å². The van der Waals surface area contributed by atoms with Gasteiger partial charge in [-0.3, -0.25) is 0 Å². The number of hydrogen-bond donors (Lipinski definition) is 1. The van der Waals surface area contributed by atoms with Gasteiger partial charge in [-0.05, 0) is 31.9 Å². The molecule has 0 bridgehead atoms. The van der Waals surface area contributed by atoms with Crippen molar-refractivity contribution in [1.29, 1.82) is 0 Å². The third-order valence-corrected chi connectivity index (χ3v) is 3.07. The summed E-state index contributed by atoms with van der Waals surface area (Å²) in [6.45, 7) is 6.06. The van der Waals surface area contributed by atoms with E-state index >= 15 is 0 Å². The molecule has 1 heterocycles. The van der Waals surface area contributed by atoms with Crippen molar-refractivity contribution in [2.24, 2.45) is 0 Å². The molecule has 18 heavy (non-hydrogen) atoms. The third kappa shape index (κ3) is 2.50. The molecule has 0 atom stereocenters. The maximum absolute atomic E-state index is 5.97. The van der Waals surface area contributed by atoms with Gasteiger partial charge in [0, 0.05) is 5.56 Å². The van der Waals surface area contributed by atoms with Crippen LogP contribution in [0.3, 0.4) is 0 Å². The molecule has 0 aliphatic rings. The van der Waals surface area contributed by atoms with Crippen LogP contribution in [0.15, 0.2) is 24.3 Å². The molecule has 94 valence electrons. The van der Waals surface area contributed by atoms with Crippen molar-refractivity contribution in [2.45, 2.75) is 33.6 Å². The molecule has 0 unspecified atom stereocenters. The summed E-state index contributed by atoms with van der Waals surface area (Å²) in [5.41, 5.74) is 10.9. The zero-order valence-electron chi connectivity index (χ0n) is 11.2. The lowest BCUT2D eigenvalue weighted by Crippen LogP contribution is -2.02. The van der Waals surface area contributed by atoms with Crippen LogP contribution in [0.4, 0.5) is 5.82 Å².